The Balaban J connectivity index is 2.22. The number of rotatable bonds is 3. The van der Waals surface area contributed by atoms with Crippen LogP contribution in [0.2, 0.25) is 0 Å². The first-order chi connectivity index (χ1) is 6.09. The minimum Gasteiger partial charge on any atom is -0.379 e. The standard InChI is InChI=1S/C10H21NO2/c1-8(2)13-10-4-6-11(7-5-10)9(3)12/h8-10,12H,4-7H2,1-3H3. The van der Waals surface area contributed by atoms with Crippen molar-refractivity contribution in [2.75, 3.05) is 13.1 Å². The monoisotopic (exact) mass is 187 g/mol. The molecule has 0 aromatic heterocycles. The Labute approximate surface area is 80.7 Å². The van der Waals surface area contributed by atoms with Gasteiger partial charge in [0, 0.05) is 13.1 Å². The summed E-state index contributed by atoms with van der Waals surface area (Å²) in [6.07, 6.45) is 2.50. The van der Waals surface area contributed by atoms with Crippen molar-refractivity contribution in [3.63, 3.8) is 0 Å². The van der Waals surface area contributed by atoms with Gasteiger partial charge >= 0.3 is 0 Å². The van der Waals surface area contributed by atoms with E-state index in [0.29, 0.717) is 12.2 Å². The van der Waals surface area contributed by atoms with E-state index in [2.05, 4.69) is 18.7 Å². The number of nitrogens with zero attached hydrogens (tertiary/aromatic N) is 1. The topological polar surface area (TPSA) is 32.7 Å². The molecule has 0 aliphatic carbocycles. The van der Waals surface area contributed by atoms with Gasteiger partial charge in [-0.1, -0.05) is 0 Å². The van der Waals surface area contributed by atoms with E-state index in [0.717, 1.165) is 25.9 Å². The summed E-state index contributed by atoms with van der Waals surface area (Å²) in [6.45, 7) is 7.87. The lowest BCUT2D eigenvalue weighted by atomic mass is 10.1. The second-order valence-corrected chi connectivity index (χ2v) is 4.05. The van der Waals surface area contributed by atoms with Gasteiger partial charge in [-0.25, -0.2) is 0 Å². The molecule has 0 spiro atoms. The quantitative estimate of drug-likeness (QED) is 0.721. The molecule has 0 aromatic rings. The van der Waals surface area contributed by atoms with Crippen molar-refractivity contribution < 1.29 is 9.84 Å². The number of aliphatic hydroxyl groups is 1. The van der Waals surface area contributed by atoms with Crippen LogP contribution in [0.25, 0.3) is 0 Å². The number of aliphatic hydroxyl groups excluding tert-OH is 1. The Morgan fingerprint density at radius 3 is 2.15 bits per heavy atom. The van der Waals surface area contributed by atoms with Crippen LogP contribution in [-0.4, -0.2) is 41.5 Å². The predicted octanol–water partition coefficient (Wildman–Crippen LogP) is 1.21. The number of hydrogen-bond donors (Lipinski definition) is 1. The second-order valence-electron chi connectivity index (χ2n) is 4.05. The highest BCUT2D eigenvalue weighted by Crippen LogP contribution is 2.16. The van der Waals surface area contributed by atoms with E-state index in [1.54, 1.807) is 0 Å². The first kappa shape index (κ1) is 11.0. The Kier molecular flexibility index (Phi) is 4.16. The maximum atomic E-state index is 9.33. The molecule has 0 radical (unpaired) electrons. The van der Waals surface area contributed by atoms with Crippen LogP contribution in [0, 0.1) is 0 Å². The molecule has 0 aromatic carbocycles. The lowest BCUT2D eigenvalue weighted by Gasteiger charge is -2.34. The number of piperidine rings is 1. The highest BCUT2D eigenvalue weighted by molar-refractivity contribution is 4.73. The zero-order chi connectivity index (χ0) is 9.84. The molecule has 0 amide bonds. The third kappa shape index (κ3) is 3.63. The molecule has 3 nitrogen and oxygen atoms in total. The van der Waals surface area contributed by atoms with Crippen molar-refractivity contribution >= 4 is 0 Å². The van der Waals surface area contributed by atoms with Gasteiger partial charge in [-0.2, -0.15) is 0 Å². The van der Waals surface area contributed by atoms with Crippen LogP contribution in [0.15, 0.2) is 0 Å². The van der Waals surface area contributed by atoms with Gasteiger partial charge in [0.05, 0.1) is 12.2 Å². The molecule has 1 aliphatic rings. The third-order valence-electron chi connectivity index (χ3n) is 2.47. The van der Waals surface area contributed by atoms with E-state index in [4.69, 9.17) is 4.74 Å². The highest BCUT2D eigenvalue weighted by Gasteiger charge is 2.22. The smallest absolute Gasteiger partial charge is 0.104 e. The molecular weight excluding hydrogens is 166 g/mol. The van der Waals surface area contributed by atoms with Gasteiger partial charge in [0.2, 0.25) is 0 Å². The molecule has 0 bridgehead atoms. The van der Waals surface area contributed by atoms with Gasteiger partial charge in [0.15, 0.2) is 0 Å². The molecule has 1 unspecified atom stereocenters. The van der Waals surface area contributed by atoms with E-state index in [9.17, 15) is 5.11 Å². The van der Waals surface area contributed by atoms with Gasteiger partial charge in [-0.05, 0) is 33.6 Å². The molecule has 1 heterocycles. The Morgan fingerprint density at radius 1 is 1.23 bits per heavy atom. The van der Waals surface area contributed by atoms with Gasteiger partial charge in [-0.15, -0.1) is 0 Å². The normalized spacial score (nSPS) is 23.8. The number of hydrogen-bond acceptors (Lipinski definition) is 3. The van der Waals surface area contributed by atoms with Crippen LogP contribution in [-0.2, 0) is 4.74 Å². The van der Waals surface area contributed by atoms with Crippen molar-refractivity contribution in [3.8, 4) is 0 Å². The van der Waals surface area contributed by atoms with Crippen LogP contribution in [0.3, 0.4) is 0 Å². The molecule has 1 N–H and O–H groups in total. The predicted molar refractivity (Wildman–Crippen MR) is 52.5 cm³/mol. The fourth-order valence-electron chi connectivity index (χ4n) is 1.77. The maximum absolute atomic E-state index is 9.33. The molecule has 13 heavy (non-hydrogen) atoms. The average molecular weight is 187 g/mol. The van der Waals surface area contributed by atoms with E-state index < -0.39 is 0 Å². The molecule has 1 rings (SSSR count). The van der Waals surface area contributed by atoms with Crippen molar-refractivity contribution in [2.45, 2.75) is 52.0 Å². The van der Waals surface area contributed by atoms with Crippen molar-refractivity contribution in [1.82, 2.24) is 4.90 Å². The summed E-state index contributed by atoms with van der Waals surface area (Å²) >= 11 is 0. The second kappa shape index (κ2) is 4.94. The molecule has 78 valence electrons. The molecule has 3 heteroatoms. The zero-order valence-corrected chi connectivity index (χ0v) is 8.86. The Hall–Kier alpha value is -0.120. The lowest BCUT2D eigenvalue weighted by molar-refractivity contribution is -0.0611. The van der Waals surface area contributed by atoms with Crippen molar-refractivity contribution in [3.05, 3.63) is 0 Å². The van der Waals surface area contributed by atoms with E-state index >= 15 is 0 Å². The first-order valence-electron chi connectivity index (χ1n) is 5.17. The largest absolute Gasteiger partial charge is 0.379 e. The van der Waals surface area contributed by atoms with Gasteiger partial charge in [0.25, 0.3) is 0 Å². The van der Waals surface area contributed by atoms with Gasteiger partial charge in [0.1, 0.15) is 6.23 Å². The van der Waals surface area contributed by atoms with Crippen molar-refractivity contribution in [1.29, 1.82) is 0 Å². The molecule has 0 saturated carbocycles. The molecule has 1 saturated heterocycles. The number of likely N-dealkylation sites (tertiary alicyclic amines) is 1. The van der Waals surface area contributed by atoms with E-state index in [1.165, 1.54) is 0 Å². The zero-order valence-electron chi connectivity index (χ0n) is 8.86. The minimum absolute atomic E-state index is 0.306. The summed E-state index contributed by atoms with van der Waals surface area (Å²) in [4.78, 5) is 2.08. The fraction of sp³-hybridized carbons (Fsp3) is 1.00. The highest BCUT2D eigenvalue weighted by atomic mass is 16.5. The fourth-order valence-corrected chi connectivity index (χ4v) is 1.77. The first-order valence-corrected chi connectivity index (χ1v) is 5.17. The summed E-state index contributed by atoms with van der Waals surface area (Å²) in [5.74, 6) is 0. The molecular formula is C10H21NO2. The van der Waals surface area contributed by atoms with Crippen LogP contribution >= 0.6 is 0 Å². The summed E-state index contributed by atoms with van der Waals surface area (Å²) in [7, 11) is 0. The Morgan fingerprint density at radius 2 is 1.77 bits per heavy atom. The molecule has 1 aliphatic heterocycles. The summed E-state index contributed by atoms with van der Waals surface area (Å²) < 4.78 is 5.71. The summed E-state index contributed by atoms with van der Waals surface area (Å²) in [5, 5.41) is 9.33. The maximum Gasteiger partial charge on any atom is 0.104 e. The van der Waals surface area contributed by atoms with Gasteiger partial charge < -0.3 is 9.84 Å². The van der Waals surface area contributed by atoms with Crippen LogP contribution < -0.4 is 0 Å². The van der Waals surface area contributed by atoms with Gasteiger partial charge in [-0.3, -0.25) is 4.90 Å². The number of ether oxygens (including phenoxy) is 1. The van der Waals surface area contributed by atoms with E-state index in [-0.39, 0.29) is 6.23 Å². The average Bonchev–Trinajstić information content (AvgIpc) is 2.04. The van der Waals surface area contributed by atoms with Crippen LogP contribution in [0.5, 0.6) is 0 Å². The van der Waals surface area contributed by atoms with E-state index in [1.807, 2.05) is 6.92 Å². The molecule has 1 fully saturated rings. The van der Waals surface area contributed by atoms with Crippen LogP contribution in [0.1, 0.15) is 33.6 Å². The summed E-state index contributed by atoms with van der Waals surface area (Å²) in [6, 6.07) is 0. The lowest BCUT2D eigenvalue weighted by Crippen LogP contribution is -2.42. The Bertz CT molecular complexity index is 140. The third-order valence-corrected chi connectivity index (χ3v) is 2.47. The SMILES string of the molecule is CC(C)OC1CCN(C(C)O)CC1. The summed E-state index contributed by atoms with van der Waals surface area (Å²) in [5.41, 5.74) is 0. The van der Waals surface area contributed by atoms with Crippen molar-refractivity contribution in [2.24, 2.45) is 0 Å². The minimum atomic E-state index is -0.306. The van der Waals surface area contributed by atoms with Crippen LogP contribution in [0.4, 0.5) is 0 Å². The molecule has 1 atom stereocenters.